The van der Waals surface area contributed by atoms with E-state index in [1.807, 2.05) is 19.0 Å². The third-order valence-electron chi connectivity index (χ3n) is 1.80. The lowest BCUT2D eigenvalue weighted by molar-refractivity contribution is -0.118. The van der Waals surface area contributed by atoms with Gasteiger partial charge in [0.25, 0.3) is 0 Å². The minimum atomic E-state index is -4.06. The van der Waals surface area contributed by atoms with Gasteiger partial charge in [0.2, 0.25) is 5.91 Å². The van der Waals surface area contributed by atoms with Crippen molar-refractivity contribution in [3.05, 3.63) is 12.2 Å². The summed E-state index contributed by atoms with van der Waals surface area (Å²) >= 11 is 0. The van der Waals surface area contributed by atoms with Crippen LogP contribution in [0.1, 0.15) is 13.3 Å². The molecule has 0 aliphatic rings. The van der Waals surface area contributed by atoms with Crippen LogP contribution in [0.15, 0.2) is 12.2 Å². The highest BCUT2D eigenvalue weighted by Crippen LogP contribution is 1.97. The van der Waals surface area contributed by atoms with Gasteiger partial charge in [-0.1, -0.05) is 6.58 Å². The van der Waals surface area contributed by atoms with E-state index in [0.717, 1.165) is 0 Å². The van der Waals surface area contributed by atoms with Gasteiger partial charge >= 0.3 is 10.4 Å². The Morgan fingerprint density at radius 3 is 2.44 bits per heavy atom. The number of amides is 1. The molecule has 0 aromatic carbocycles. The molecule has 0 atom stereocenters. The molecule has 1 N–H and O–H groups in total. The summed E-state index contributed by atoms with van der Waals surface area (Å²) in [4.78, 5) is 12.9. The molecular weight excluding hydrogens is 260 g/mol. The van der Waals surface area contributed by atoms with E-state index in [0.29, 0.717) is 13.0 Å². The molecule has 0 fully saturated rings. The number of rotatable bonds is 9. The van der Waals surface area contributed by atoms with E-state index >= 15 is 0 Å². The van der Waals surface area contributed by atoms with Crippen molar-refractivity contribution < 1.29 is 21.6 Å². The van der Waals surface area contributed by atoms with Gasteiger partial charge in [-0.05, 0) is 34.0 Å². The summed E-state index contributed by atoms with van der Waals surface area (Å²) in [5.74, 6) is -0.474. The minimum Gasteiger partial charge on any atom is -0.328 e. The minimum absolute atomic E-state index is 0.0367. The van der Waals surface area contributed by atoms with E-state index in [9.17, 15) is 13.2 Å². The lowest BCUT2D eigenvalue weighted by Gasteiger charge is -2.10. The first-order valence-electron chi connectivity index (χ1n) is 5.37. The third-order valence-corrected chi connectivity index (χ3v) is 2.66. The summed E-state index contributed by atoms with van der Waals surface area (Å²) in [6.07, 6.45) is 0.563. The Morgan fingerprint density at radius 2 is 1.94 bits per heavy atom. The van der Waals surface area contributed by atoms with Gasteiger partial charge in [-0.25, -0.2) is 8.37 Å². The van der Waals surface area contributed by atoms with Crippen molar-refractivity contribution in [2.75, 3.05) is 34.0 Å². The van der Waals surface area contributed by atoms with Crippen molar-refractivity contribution in [1.82, 2.24) is 10.2 Å². The second-order valence-corrected chi connectivity index (χ2v) is 5.22. The molecule has 0 unspecified atom stereocenters. The Hall–Kier alpha value is -0.960. The van der Waals surface area contributed by atoms with Gasteiger partial charge in [-0.15, -0.1) is 0 Å². The number of carbonyl (C=O) groups is 1. The fourth-order valence-electron chi connectivity index (χ4n) is 0.894. The highest BCUT2D eigenvalue weighted by atomic mass is 32.3. The number of hydrogen-bond acceptors (Lipinski definition) is 6. The fraction of sp³-hybridized carbons (Fsp3) is 0.700. The van der Waals surface area contributed by atoms with Crippen LogP contribution in [-0.4, -0.2) is 53.2 Å². The molecule has 0 aromatic rings. The molecule has 0 bridgehead atoms. The Labute approximate surface area is 108 Å². The van der Waals surface area contributed by atoms with Gasteiger partial charge in [0.15, 0.2) is 0 Å². The SMILES string of the molecule is C=C(C)C(=O)NCOS(=O)(=O)OCCCN(C)C. The normalized spacial score (nSPS) is 11.6. The topological polar surface area (TPSA) is 84.9 Å². The molecule has 0 saturated carbocycles. The summed E-state index contributed by atoms with van der Waals surface area (Å²) in [6, 6.07) is 0. The monoisotopic (exact) mass is 280 g/mol. The zero-order chi connectivity index (χ0) is 14.2. The smallest absolute Gasteiger partial charge is 0.328 e. The molecule has 0 aromatic heterocycles. The maximum atomic E-state index is 11.2. The van der Waals surface area contributed by atoms with Crippen LogP contribution >= 0.6 is 0 Å². The number of nitrogens with zero attached hydrogens (tertiary/aromatic N) is 1. The van der Waals surface area contributed by atoms with Crippen molar-refractivity contribution in [3.8, 4) is 0 Å². The number of hydrogen-bond donors (Lipinski definition) is 1. The van der Waals surface area contributed by atoms with Crippen LogP contribution in [-0.2, 0) is 23.6 Å². The summed E-state index contributed by atoms with van der Waals surface area (Å²) in [5.41, 5.74) is 0.267. The van der Waals surface area contributed by atoms with Gasteiger partial charge in [0.1, 0.15) is 6.73 Å². The average Bonchev–Trinajstić information content (AvgIpc) is 2.23. The third kappa shape index (κ3) is 9.11. The van der Waals surface area contributed by atoms with E-state index in [4.69, 9.17) is 0 Å². The molecule has 0 radical (unpaired) electrons. The zero-order valence-electron chi connectivity index (χ0n) is 10.9. The van der Waals surface area contributed by atoms with Gasteiger partial charge in [0.05, 0.1) is 6.61 Å². The fourth-order valence-corrected chi connectivity index (χ4v) is 1.49. The van der Waals surface area contributed by atoms with Crippen LogP contribution in [0, 0.1) is 0 Å². The predicted molar refractivity (Wildman–Crippen MR) is 67.0 cm³/mol. The molecule has 0 aliphatic heterocycles. The van der Waals surface area contributed by atoms with Gasteiger partial charge in [-0.3, -0.25) is 4.79 Å². The van der Waals surface area contributed by atoms with E-state index in [2.05, 4.69) is 20.3 Å². The van der Waals surface area contributed by atoms with Crippen LogP contribution in [0.3, 0.4) is 0 Å². The zero-order valence-corrected chi connectivity index (χ0v) is 11.7. The Morgan fingerprint density at radius 1 is 1.33 bits per heavy atom. The second kappa shape index (κ2) is 8.20. The first kappa shape index (κ1) is 17.0. The largest absolute Gasteiger partial charge is 0.401 e. The van der Waals surface area contributed by atoms with E-state index in [-0.39, 0.29) is 12.2 Å². The molecule has 106 valence electrons. The van der Waals surface area contributed by atoms with Crippen molar-refractivity contribution in [2.24, 2.45) is 0 Å². The Kier molecular flexibility index (Phi) is 7.76. The van der Waals surface area contributed by atoms with Gasteiger partial charge in [0, 0.05) is 5.57 Å². The van der Waals surface area contributed by atoms with Crippen molar-refractivity contribution in [3.63, 3.8) is 0 Å². The van der Waals surface area contributed by atoms with Crippen LogP contribution in [0.5, 0.6) is 0 Å². The van der Waals surface area contributed by atoms with Gasteiger partial charge in [-0.2, -0.15) is 8.42 Å². The summed E-state index contributed by atoms with van der Waals surface area (Å²) in [5, 5.41) is 2.22. The summed E-state index contributed by atoms with van der Waals surface area (Å²) in [7, 11) is -0.317. The molecule has 0 heterocycles. The van der Waals surface area contributed by atoms with E-state index in [1.54, 1.807) is 0 Å². The van der Waals surface area contributed by atoms with Crippen molar-refractivity contribution in [1.29, 1.82) is 0 Å². The molecule has 1 amide bonds. The van der Waals surface area contributed by atoms with Crippen molar-refractivity contribution in [2.45, 2.75) is 13.3 Å². The highest BCUT2D eigenvalue weighted by Gasteiger charge is 2.12. The predicted octanol–water partition coefficient (Wildman–Crippen LogP) is -0.134. The average molecular weight is 280 g/mol. The maximum Gasteiger partial charge on any atom is 0.401 e. The molecule has 0 saturated heterocycles. The lowest BCUT2D eigenvalue weighted by Crippen LogP contribution is -2.28. The first-order valence-corrected chi connectivity index (χ1v) is 6.70. The Balaban J connectivity index is 3.81. The second-order valence-electron chi connectivity index (χ2n) is 3.94. The molecular formula is C10H20N2O5S. The first-order chi connectivity index (χ1) is 8.24. The quantitative estimate of drug-likeness (QED) is 0.360. The van der Waals surface area contributed by atoms with Crippen LogP contribution < -0.4 is 5.32 Å². The van der Waals surface area contributed by atoms with Crippen LogP contribution in [0.4, 0.5) is 0 Å². The summed E-state index contributed by atoms with van der Waals surface area (Å²) < 4.78 is 31.4. The molecule has 0 spiro atoms. The molecule has 18 heavy (non-hydrogen) atoms. The van der Waals surface area contributed by atoms with Crippen LogP contribution in [0.2, 0.25) is 0 Å². The molecule has 7 nitrogen and oxygen atoms in total. The number of carbonyl (C=O) groups excluding carboxylic acids is 1. The number of nitrogens with one attached hydrogen (secondary N) is 1. The maximum absolute atomic E-state index is 11.2. The Bertz CT molecular complexity index is 378. The molecule has 0 aliphatic carbocycles. The van der Waals surface area contributed by atoms with E-state index < -0.39 is 23.0 Å². The van der Waals surface area contributed by atoms with Crippen LogP contribution in [0.25, 0.3) is 0 Å². The highest BCUT2D eigenvalue weighted by molar-refractivity contribution is 7.81. The van der Waals surface area contributed by atoms with E-state index in [1.165, 1.54) is 6.92 Å². The van der Waals surface area contributed by atoms with Crippen molar-refractivity contribution >= 4 is 16.3 Å². The molecule has 0 rings (SSSR count). The molecule has 8 heteroatoms. The summed E-state index contributed by atoms with van der Waals surface area (Å²) in [6.45, 7) is 5.17. The lowest BCUT2D eigenvalue weighted by atomic mass is 10.3. The van der Waals surface area contributed by atoms with Gasteiger partial charge < -0.3 is 10.2 Å². The standard InChI is InChI=1S/C10H20N2O5S/c1-9(2)10(13)11-8-17-18(14,15)16-7-5-6-12(3)4/h1,5-8H2,2-4H3,(H,11,13).